The second kappa shape index (κ2) is 5.91. The molecule has 0 spiro atoms. The summed E-state index contributed by atoms with van der Waals surface area (Å²) in [6.07, 6.45) is 7.52. The Morgan fingerprint density at radius 1 is 1.24 bits per heavy atom. The van der Waals surface area contributed by atoms with E-state index in [-0.39, 0.29) is 5.56 Å². The third-order valence-electron chi connectivity index (χ3n) is 3.74. The van der Waals surface area contributed by atoms with Gasteiger partial charge in [0, 0.05) is 24.6 Å². The first-order valence-electron chi connectivity index (χ1n) is 7.13. The van der Waals surface area contributed by atoms with Crippen molar-refractivity contribution in [3.63, 3.8) is 0 Å². The maximum atomic E-state index is 11.4. The van der Waals surface area contributed by atoms with Gasteiger partial charge < -0.3 is 10.4 Å². The molecule has 2 aromatic heterocycles. The highest BCUT2D eigenvalue weighted by Gasteiger charge is 2.18. The topological polar surface area (TPSA) is 75.1 Å². The average molecular weight is 283 g/mol. The van der Waals surface area contributed by atoms with Crippen molar-refractivity contribution in [1.82, 2.24) is 9.97 Å². The minimum absolute atomic E-state index is 0.254. The van der Waals surface area contributed by atoms with Gasteiger partial charge in [-0.2, -0.15) is 0 Å². The van der Waals surface area contributed by atoms with Crippen molar-refractivity contribution in [2.75, 3.05) is 5.32 Å². The molecule has 2 heterocycles. The maximum absolute atomic E-state index is 11.4. The minimum Gasteiger partial charge on any atom is -0.478 e. The Bertz CT molecular complexity index is 656. The number of nitrogens with one attached hydrogen (secondary N) is 1. The Hall–Kier alpha value is -2.43. The van der Waals surface area contributed by atoms with Gasteiger partial charge in [-0.15, -0.1) is 0 Å². The van der Waals surface area contributed by atoms with E-state index in [4.69, 9.17) is 0 Å². The van der Waals surface area contributed by atoms with E-state index in [0.717, 1.165) is 42.5 Å². The van der Waals surface area contributed by atoms with E-state index in [0.29, 0.717) is 12.4 Å². The first kappa shape index (κ1) is 13.5. The van der Waals surface area contributed by atoms with Gasteiger partial charge in [-0.3, -0.25) is 4.98 Å². The third-order valence-corrected chi connectivity index (χ3v) is 3.74. The van der Waals surface area contributed by atoms with Gasteiger partial charge in [0.25, 0.3) is 0 Å². The van der Waals surface area contributed by atoms with Crippen molar-refractivity contribution in [3.8, 4) is 0 Å². The SMILES string of the molecule is O=C(O)c1cc2c(nc1NCc1ccncc1)CCCC2. The zero-order valence-electron chi connectivity index (χ0n) is 11.7. The van der Waals surface area contributed by atoms with Crippen molar-refractivity contribution in [3.05, 3.63) is 53.0 Å². The zero-order chi connectivity index (χ0) is 14.7. The monoisotopic (exact) mass is 283 g/mol. The predicted molar refractivity (Wildman–Crippen MR) is 79.4 cm³/mol. The zero-order valence-corrected chi connectivity index (χ0v) is 11.7. The summed E-state index contributed by atoms with van der Waals surface area (Å²) in [5, 5.41) is 12.5. The molecule has 0 saturated carbocycles. The van der Waals surface area contributed by atoms with E-state index >= 15 is 0 Å². The lowest BCUT2D eigenvalue weighted by molar-refractivity contribution is 0.0697. The first-order valence-corrected chi connectivity index (χ1v) is 7.13. The number of carboxylic acid groups (broad SMARTS) is 1. The number of pyridine rings is 2. The second-order valence-electron chi connectivity index (χ2n) is 5.21. The lowest BCUT2D eigenvalue weighted by Gasteiger charge is -2.18. The van der Waals surface area contributed by atoms with Gasteiger partial charge in [0.15, 0.2) is 0 Å². The smallest absolute Gasteiger partial charge is 0.339 e. The molecule has 2 aromatic rings. The summed E-state index contributed by atoms with van der Waals surface area (Å²) in [5.74, 6) is -0.479. The average Bonchev–Trinajstić information content (AvgIpc) is 2.53. The molecule has 0 atom stereocenters. The number of hydrogen-bond acceptors (Lipinski definition) is 4. The summed E-state index contributed by atoms with van der Waals surface area (Å²) in [7, 11) is 0. The van der Waals surface area contributed by atoms with Gasteiger partial charge in [0.2, 0.25) is 0 Å². The molecule has 2 N–H and O–H groups in total. The molecule has 1 aliphatic rings. The maximum Gasteiger partial charge on any atom is 0.339 e. The molecule has 108 valence electrons. The molecule has 5 nitrogen and oxygen atoms in total. The molecular formula is C16H17N3O2. The molecule has 0 aromatic carbocycles. The molecule has 0 saturated heterocycles. The molecule has 5 heteroatoms. The van der Waals surface area contributed by atoms with E-state index in [1.165, 1.54) is 0 Å². The molecule has 0 bridgehead atoms. The van der Waals surface area contributed by atoms with Crippen LogP contribution in [0.4, 0.5) is 5.82 Å². The fourth-order valence-corrected chi connectivity index (χ4v) is 2.62. The quantitative estimate of drug-likeness (QED) is 0.902. The number of hydrogen-bond donors (Lipinski definition) is 2. The highest BCUT2D eigenvalue weighted by Crippen LogP contribution is 2.25. The van der Waals surface area contributed by atoms with Crippen LogP contribution in [0.25, 0.3) is 0 Å². The summed E-state index contributed by atoms with van der Waals surface area (Å²) >= 11 is 0. The summed E-state index contributed by atoms with van der Waals surface area (Å²) < 4.78 is 0. The number of anilines is 1. The van der Waals surface area contributed by atoms with Crippen LogP contribution in [0.3, 0.4) is 0 Å². The van der Waals surface area contributed by atoms with Crippen LogP contribution in [-0.2, 0) is 19.4 Å². The number of aryl methyl sites for hydroxylation is 2. The third kappa shape index (κ3) is 3.02. The number of carboxylic acids is 1. The highest BCUT2D eigenvalue weighted by molar-refractivity contribution is 5.93. The normalized spacial score (nSPS) is 13.5. The van der Waals surface area contributed by atoms with Crippen LogP contribution in [0.1, 0.15) is 40.0 Å². The summed E-state index contributed by atoms with van der Waals surface area (Å²) in [6, 6.07) is 5.57. The molecule has 0 amide bonds. The van der Waals surface area contributed by atoms with Crippen molar-refractivity contribution >= 4 is 11.8 Å². The fourth-order valence-electron chi connectivity index (χ4n) is 2.62. The van der Waals surface area contributed by atoms with Gasteiger partial charge in [-0.05, 0) is 55.0 Å². The summed E-state index contributed by atoms with van der Waals surface area (Å²) in [4.78, 5) is 19.9. The molecule has 0 fully saturated rings. The van der Waals surface area contributed by atoms with Crippen LogP contribution in [0.15, 0.2) is 30.6 Å². The van der Waals surface area contributed by atoms with Gasteiger partial charge in [0.05, 0.1) is 0 Å². The van der Waals surface area contributed by atoms with Crippen molar-refractivity contribution in [2.45, 2.75) is 32.2 Å². The molecule has 3 rings (SSSR count). The fraction of sp³-hybridized carbons (Fsp3) is 0.312. The molecule has 21 heavy (non-hydrogen) atoms. The summed E-state index contributed by atoms with van der Waals surface area (Å²) in [5.41, 5.74) is 3.40. The molecule has 0 aliphatic heterocycles. The van der Waals surface area contributed by atoms with Crippen molar-refractivity contribution < 1.29 is 9.90 Å². The molecule has 1 aliphatic carbocycles. The van der Waals surface area contributed by atoms with Crippen LogP contribution < -0.4 is 5.32 Å². The summed E-state index contributed by atoms with van der Waals surface area (Å²) in [6.45, 7) is 0.536. The number of rotatable bonds is 4. The number of aromatic nitrogens is 2. The van der Waals surface area contributed by atoms with Crippen LogP contribution in [0, 0.1) is 0 Å². The van der Waals surface area contributed by atoms with Gasteiger partial charge in [0.1, 0.15) is 11.4 Å². The van der Waals surface area contributed by atoms with Crippen LogP contribution in [0.5, 0.6) is 0 Å². The minimum atomic E-state index is -0.937. The van der Waals surface area contributed by atoms with E-state index in [2.05, 4.69) is 15.3 Å². The number of nitrogens with zero attached hydrogens (tertiary/aromatic N) is 2. The van der Waals surface area contributed by atoms with Gasteiger partial charge >= 0.3 is 5.97 Å². The molecule has 0 radical (unpaired) electrons. The standard InChI is InChI=1S/C16H17N3O2/c20-16(21)13-9-12-3-1-2-4-14(12)19-15(13)18-10-11-5-7-17-8-6-11/h5-9H,1-4,10H2,(H,18,19)(H,20,21). The van der Waals surface area contributed by atoms with Crippen molar-refractivity contribution in [1.29, 1.82) is 0 Å². The largest absolute Gasteiger partial charge is 0.478 e. The van der Waals surface area contributed by atoms with Gasteiger partial charge in [-0.1, -0.05) is 0 Å². The Morgan fingerprint density at radius 2 is 2.00 bits per heavy atom. The molecule has 0 unspecified atom stereocenters. The Labute approximate surface area is 123 Å². The van der Waals surface area contributed by atoms with E-state index in [9.17, 15) is 9.90 Å². The van der Waals surface area contributed by atoms with E-state index in [1.54, 1.807) is 18.5 Å². The Morgan fingerprint density at radius 3 is 2.76 bits per heavy atom. The van der Waals surface area contributed by atoms with E-state index in [1.807, 2.05) is 12.1 Å². The molecular weight excluding hydrogens is 266 g/mol. The Kier molecular flexibility index (Phi) is 3.81. The number of carbonyl (C=O) groups is 1. The number of fused-ring (bicyclic) bond motifs is 1. The lowest BCUT2D eigenvalue weighted by Crippen LogP contribution is -2.14. The Balaban J connectivity index is 1.87. The highest BCUT2D eigenvalue weighted by atomic mass is 16.4. The van der Waals surface area contributed by atoms with E-state index < -0.39 is 5.97 Å². The number of aromatic carboxylic acids is 1. The first-order chi connectivity index (χ1) is 10.2. The van der Waals surface area contributed by atoms with Gasteiger partial charge in [-0.25, -0.2) is 9.78 Å². The van der Waals surface area contributed by atoms with Crippen molar-refractivity contribution in [2.24, 2.45) is 0 Å². The predicted octanol–water partition coefficient (Wildman–Crippen LogP) is 2.67. The van der Waals surface area contributed by atoms with Crippen LogP contribution in [-0.4, -0.2) is 21.0 Å². The second-order valence-corrected chi connectivity index (χ2v) is 5.21. The lowest BCUT2D eigenvalue weighted by atomic mass is 9.94. The van der Waals surface area contributed by atoms with Crippen LogP contribution >= 0.6 is 0 Å². The van der Waals surface area contributed by atoms with Crippen LogP contribution in [0.2, 0.25) is 0 Å².